The molecular weight excluding hydrogens is 423 g/mol. The summed E-state index contributed by atoms with van der Waals surface area (Å²) in [6, 6.07) is 9.04. The Kier molecular flexibility index (Phi) is 5.43. The number of aryl methyl sites for hydroxylation is 1. The lowest BCUT2D eigenvalue weighted by molar-refractivity contribution is 0.102. The third-order valence-corrected chi connectivity index (χ3v) is 5.04. The summed E-state index contributed by atoms with van der Waals surface area (Å²) in [5, 5.41) is 10.2. The van der Waals surface area contributed by atoms with Crippen LogP contribution in [0.25, 0.3) is 11.0 Å². The summed E-state index contributed by atoms with van der Waals surface area (Å²) in [6.07, 6.45) is 0.875. The summed E-state index contributed by atoms with van der Waals surface area (Å²) in [6.45, 7) is 3.69. The van der Waals surface area contributed by atoms with Crippen LogP contribution >= 0.6 is 11.6 Å². The maximum Gasteiger partial charge on any atom is 0.255 e. The van der Waals surface area contributed by atoms with Crippen molar-refractivity contribution < 1.29 is 13.9 Å². The number of nitrogens with one attached hydrogen (secondary N) is 2. The molecule has 0 aliphatic heterocycles. The lowest BCUT2D eigenvalue weighted by Gasteiger charge is -2.17. The number of amides is 1. The molecular formula is C21H18ClFN6O2. The van der Waals surface area contributed by atoms with Crippen molar-refractivity contribution in [2.45, 2.75) is 20.0 Å². The van der Waals surface area contributed by atoms with Crippen molar-refractivity contribution in [2.24, 2.45) is 0 Å². The van der Waals surface area contributed by atoms with Gasteiger partial charge in [0.2, 0.25) is 0 Å². The fraction of sp³-hybridized carbons (Fsp3) is 0.143. The zero-order chi connectivity index (χ0) is 22.1. The van der Waals surface area contributed by atoms with Crippen LogP contribution in [0, 0.1) is 12.7 Å². The van der Waals surface area contributed by atoms with Crippen LogP contribution in [0.2, 0.25) is 5.02 Å². The van der Waals surface area contributed by atoms with Gasteiger partial charge >= 0.3 is 0 Å². The molecule has 1 amide bonds. The van der Waals surface area contributed by atoms with Crippen LogP contribution in [0.3, 0.4) is 0 Å². The Balaban J connectivity index is 1.57. The first-order chi connectivity index (χ1) is 14.8. The molecule has 1 unspecified atom stereocenters. The minimum atomic E-state index is -0.558. The predicted octanol–water partition coefficient (Wildman–Crippen LogP) is 4.43. The number of carbonyl (C=O) groups excluding carboxylic acids is 1. The third kappa shape index (κ3) is 4.13. The molecule has 158 valence electrons. The number of hydrogen-bond donors (Lipinski definition) is 3. The molecule has 0 spiro atoms. The van der Waals surface area contributed by atoms with Crippen LogP contribution < -0.4 is 15.8 Å². The second-order valence-corrected chi connectivity index (χ2v) is 7.33. The highest BCUT2D eigenvalue weighted by Crippen LogP contribution is 2.30. The summed E-state index contributed by atoms with van der Waals surface area (Å²) >= 11 is 5.78. The second kappa shape index (κ2) is 8.19. The number of halogens is 2. The quantitative estimate of drug-likeness (QED) is 0.422. The highest BCUT2D eigenvalue weighted by Gasteiger charge is 2.19. The number of nitrogens with two attached hydrogens (primary N) is 1. The van der Waals surface area contributed by atoms with E-state index in [1.54, 1.807) is 18.2 Å². The predicted molar refractivity (Wildman–Crippen MR) is 116 cm³/mol. The van der Waals surface area contributed by atoms with Gasteiger partial charge in [-0.15, -0.1) is 0 Å². The van der Waals surface area contributed by atoms with Gasteiger partial charge in [0.15, 0.2) is 5.65 Å². The van der Waals surface area contributed by atoms with Gasteiger partial charge in [-0.25, -0.2) is 14.4 Å². The maximum atomic E-state index is 13.3. The van der Waals surface area contributed by atoms with E-state index in [-0.39, 0.29) is 10.9 Å². The molecule has 0 aliphatic carbocycles. The number of nitrogen functional groups attached to an aromatic ring is 1. The van der Waals surface area contributed by atoms with Gasteiger partial charge in [0, 0.05) is 11.3 Å². The standard InChI is InChI=1S/C21H18ClFN6O2/c1-10-3-4-12(21(30)27-13-5-6-15(23)14(22)8-13)7-16(10)31-11(2)18-17-19(24)25-9-26-20(17)29-28-18/h3-9,11H,1-2H3,(H,27,30)(H3,24,25,26,28,29). The lowest BCUT2D eigenvalue weighted by Crippen LogP contribution is -2.13. The molecule has 2 aromatic heterocycles. The summed E-state index contributed by atoms with van der Waals surface area (Å²) in [5.74, 6) is -0.135. The molecule has 1 atom stereocenters. The van der Waals surface area contributed by atoms with Crippen molar-refractivity contribution >= 4 is 40.0 Å². The molecule has 0 saturated heterocycles. The summed E-state index contributed by atoms with van der Waals surface area (Å²) in [7, 11) is 0. The van der Waals surface area contributed by atoms with Crippen molar-refractivity contribution in [1.82, 2.24) is 20.2 Å². The molecule has 31 heavy (non-hydrogen) atoms. The summed E-state index contributed by atoms with van der Waals surface area (Å²) < 4.78 is 19.4. The number of ether oxygens (including phenoxy) is 1. The fourth-order valence-electron chi connectivity index (χ4n) is 3.09. The highest BCUT2D eigenvalue weighted by atomic mass is 35.5. The number of carbonyl (C=O) groups is 1. The van der Waals surface area contributed by atoms with Gasteiger partial charge in [0.1, 0.15) is 29.8 Å². The topological polar surface area (TPSA) is 119 Å². The molecule has 0 aliphatic rings. The van der Waals surface area contributed by atoms with E-state index in [1.165, 1.54) is 24.5 Å². The zero-order valence-electron chi connectivity index (χ0n) is 16.6. The monoisotopic (exact) mass is 440 g/mol. The van der Waals surface area contributed by atoms with E-state index in [4.69, 9.17) is 22.1 Å². The lowest BCUT2D eigenvalue weighted by atomic mass is 10.1. The average Bonchev–Trinajstić information content (AvgIpc) is 3.18. The van der Waals surface area contributed by atoms with Crippen molar-refractivity contribution in [2.75, 3.05) is 11.1 Å². The van der Waals surface area contributed by atoms with E-state index >= 15 is 0 Å². The van der Waals surface area contributed by atoms with E-state index in [0.717, 1.165) is 5.56 Å². The number of benzene rings is 2. The molecule has 0 saturated carbocycles. The van der Waals surface area contributed by atoms with Crippen molar-refractivity contribution in [3.63, 3.8) is 0 Å². The fourth-order valence-corrected chi connectivity index (χ4v) is 3.27. The van der Waals surface area contributed by atoms with Crippen molar-refractivity contribution in [3.8, 4) is 5.75 Å². The van der Waals surface area contributed by atoms with Gasteiger partial charge < -0.3 is 15.8 Å². The van der Waals surface area contributed by atoms with Crippen LogP contribution in [-0.2, 0) is 0 Å². The maximum absolute atomic E-state index is 13.3. The van der Waals surface area contributed by atoms with E-state index in [0.29, 0.717) is 39.5 Å². The number of anilines is 2. The first-order valence-electron chi connectivity index (χ1n) is 9.31. The van der Waals surface area contributed by atoms with Crippen LogP contribution in [-0.4, -0.2) is 26.1 Å². The number of hydrogen-bond acceptors (Lipinski definition) is 6. The minimum Gasteiger partial charge on any atom is -0.484 e. The molecule has 4 aromatic rings. The number of aromatic nitrogens is 4. The minimum absolute atomic E-state index is 0.0745. The first kappa shape index (κ1) is 20.5. The zero-order valence-corrected chi connectivity index (χ0v) is 17.4. The first-order valence-corrected chi connectivity index (χ1v) is 9.69. The highest BCUT2D eigenvalue weighted by molar-refractivity contribution is 6.31. The number of aromatic amines is 1. The normalized spacial score (nSPS) is 12.0. The molecule has 0 fully saturated rings. The van der Waals surface area contributed by atoms with Crippen LogP contribution in [0.5, 0.6) is 5.75 Å². The molecule has 10 heteroatoms. The number of fused-ring (bicyclic) bond motifs is 1. The number of rotatable bonds is 5. The Labute approximate surface area is 181 Å². The smallest absolute Gasteiger partial charge is 0.255 e. The van der Waals surface area contributed by atoms with Crippen molar-refractivity contribution in [1.29, 1.82) is 0 Å². The van der Waals surface area contributed by atoms with Gasteiger partial charge in [-0.05, 0) is 49.7 Å². The summed E-state index contributed by atoms with van der Waals surface area (Å²) in [5.41, 5.74) is 8.62. The molecule has 2 aromatic carbocycles. The summed E-state index contributed by atoms with van der Waals surface area (Å²) in [4.78, 5) is 20.7. The van der Waals surface area contributed by atoms with Crippen LogP contribution in [0.15, 0.2) is 42.7 Å². The molecule has 4 N–H and O–H groups in total. The SMILES string of the molecule is Cc1ccc(C(=O)Nc2ccc(F)c(Cl)c2)cc1OC(C)c1[nH]nc2ncnc(N)c12. The third-order valence-electron chi connectivity index (χ3n) is 4.75. The van der Waals surface area contributed by atoms with Gasteiger partial charge in [-0.2, -0.15) is 5.10 Å². The van der Waals surface area contributed by atoms with Gasteiger partial charge in [0.25, 0.3) is 5.91 Å². The van der Waals surface area contributed by atoms with Crippen LogP contribution in [0.4, 0.5) is 15.9 Å². The molecule has 8 nitrogen and oxygen atoms in total. The Morgan fingerprint density at radius 1 is 1.26 bits per heavy atom. The number of H-pyrrole nitrogens is 1. The van der Waals surface area contributed by atoms with E-state index in [2.05, 4.69) is 25.5 Å². The largest absolute Gasteiger partial charge is 0.484 e. The van der Waals surface area contributed by atoms with E-state index < -0.39 is 11.9 Å². The van der Waals surface area contributed by atoms with Gasteiger partial charge in [-0.3, -0.25) is 9.89 Å². The van der Waals surface area contributed by atoms with Crippen molar-refractivity contribution in [3.05, 3.63) is 70.4 Å². The number of nitrogens with zero attached hydrogens (tertiary/aromatic N) is 3. The Morgan fingerprint density at radius 2 is 2.06 bits per heavy atom. The van der Waals surface area contributed by atoms with Gasteiger partial charge in [0.05, 0.1) is 16.1 Å². The molecule has 0 radical (unpaired) electrons. The molecule has 2 heterocycles. The Hall–Kier alpha value is -3.72. The molecule has 0 bridgehead atoms. The Morgan fingerprint density at radius 3 is 2.84 bits per heavy atom. The van der Waals surface area contributed by atoms with E-state index in [1.807, 2.05) is 13.8 Å². The van der Waals surface area contributed by atoms with Gasteiger partial charge in [-0.1, -0.05) is 17.7 Å². The second-order valence-electron chi connectivity index (χ2n) is 6.92. The Bertz CT molecular complexity index is 1290. The average molecular weight is 441 g/mol. The van der Waals surface area contributed by atoms with Crippen LogP contribution in [0.1, 0.15) is 34.6 Å². The molecule has 4 rings (SSSR count). The van der Waals surface area contributed by atoms with E-state index in [9.17, 15) is 9.18 Å².